The molecule has 1 amide bonds. The number of rotatable bonds is 3. The number of amides is 1. The van der Waals surface area contributed by atoms with Crippen LogP contribution in [-0.4, -0.2) is 41.3 Å². The van der Waals surface area contributed by atoms with Crippen LogP contribution < -0.4 is 0 Å². The summed E-state index contributed by atoms with van der Waals surface area (Å²) in [7, 11) is 0. The van der Waals surface area contributed by atoms with Crippen molar-refractivity contribution in [1.29, 1.82) is 0 Å². The molecule has 0 aromatic rings. The second-order valence-electron chi connectivity index (χ2n) is 4.04. The molecule has 0 unspecified atom stereocenters. The van der Waals surface area contributed by atoms with Gasteiger partial charge < -0.3 is 9.84 Å². The van der Waals surface area contributed by atoms with Crippen molar-refractivity contribution in [3.05, 3.63) is 12.7 Å². The van der Waals surface area contributed by atoms with Crippen molar-refractivity contribution >= 4 is 12.1 Å². The van der Waals surface area contributed by atoms with E-state index >= 15 is 0 Å². The predicted molar refractivity (Wildman–Crippen MR) is 58.1 cm³/mol. The smallest absolute Gasteiger partial charge is 0.410 e. The lowest BCUT2D eigenvalue weighted by molar-refractivity contribution is -0.144. The molecule has 16 heavy (non-hydrogen) atoms. The first-order chi connectivity index (χ1) is 7.56. The second-order valence-corrected chi connectivity index (χ2v) is 4.04. The maximum absolute atomic E-state index is 11.6. The number of carbonyl (C=O) groups is 2. The fraction of sp³-hybridized carbons (Fsp3) is 0.636. The Kier molecular flexibility index (Phi) is 4.34. The van der Waals surface area contributed by atoms with Gasteiger partial charge in [0.05, 0.1) is 0 Å². The third-order valence-corrected chi connectivity index (χ3v) is 2.71. The molecule has 5 nitrogen and oxygen atoms in total. The van der Waals surface area contributed by atoms with Gasteiger partial charge in [0.1, 0.15) is 12.6 Å². The van der Waals surface area contributed by atoms with E-state index < -0.39 is 18.1 Å². The number of carboxylic acids is 1. The van der Waals surface area contributed by atoms with Gasteiger partial charge in [0.15, 0.2) is 0 Å². The molecular formula is C11H17NO4. The Morgan fingerprint density at radius 1 is 1.62 bits per heavy atom. The summed E-state index contributed by atoms with van der Waals surface area (Å²) in [6.07, 6.45) is 2.19. The molecule has 1 fully saturated rings. The Labute approximate surface area is 94.7 Å². The molecule has 0 aromatic heterocycles. The van der Waals surface area contributed by atoms with Crippen LogP contribution in [0.2, 0.25) is 0 Å². The van der Waals surface area contributed by atoms with Crippen molar-refractivity contribution in [3.63, 3.8) is 0 Å². The lowest BCUT2D eigenvalue weighted by atomic mass is 9.93. The van der Waals surface area contributed by atoms with Gasteiger partial charge in [0.25, 0.3) is 0 Å². The minimum Gasteiger partial charge on any atom is -0.480 e. The summed E-state index contributed by atoms with van der Waals surface area (Å²) in [5.74, 6) is -0.647. The number of carboxylic acid groups (broad SMARTS) is 1. The summed E-state index contributed by atoms with van der Waals surface area (Å²) in [4.78, 5) is 23.9. The van der Waals surface area contributed by atoms with Crippen molar-refractivity contribution in [2.75, 3.05) is 13.2 Å². The Hall–Kier alpha value is -1.52. The van der Waals surface area contributed by atoms with Crippen LogP contribution in [0.25, 0.3) is 0 Å². The number of hydrogen-bond donors (Lipinski definition) is 1. The number of likely N-dealkylation sites (tertiary alicyclic amines) is 1. The van der Waals surface area contributed by atoms with Crippen LogP contribution in [0.5, 0.6) is 0 Å². The molecule has 1 saturated heterocycles. The molecular weight excluding hydrogens is 210 g/mol. The average Bonchev–Trinajstić information content (AvgIpc) is 2.25. The van der Waals surface area contributed by atoms with Gasteiger partial charge in [-0.05, 0) is 18.8 Å². The van der Waals surface area contributed by atoms with Crippen LogP contribution in [0.15, 0.2) is 12.7 Å². The molecule has 1 aliphatic rings. The fourth-order valence-corrected chi connectivity index (χ4v) is 1.81. The van der Waals surface area contributed by atoms with E-state index in [1.165, 1.54) is 11.0 Å². The molecule has 1 heterocycles. The molecule has 1 rings (SSSR count). The van der Waals surface area contributed by atoms with Crippen molar-refractivity contribution in [2.24, 2.45) is 5.92 Å². The minimum absolute atomic E-state index is 0.108. The van der Waals surface area contributed by atoms with Gasteiger partial charge in [0.2, 0.25) is 0 Å². The lowest BCUT2D eigenvalue weighted by Gasteiger charge is -2.34. The topological polar surface area (TPSA) is 66.8 Å². The van der Waals surface area contributed by atoms with E-state index in [0.717, 1.165) is 6.42 Å². The molecule has 0 saturated carbocycles. The first-order valence-corrected chi connectivity index (χ1v) is 5.33. The van der Waals surface area contributed by atoms with Gasteiger partial charge in [-0.2, -0.15) is 0 Å². The number of nitrogens with zero attached hydrogens (tertiary/aromatic N) is 1. The SMILES string of the molecule is C=CCOC(=O)N1CC[C@@H](C)C[C@@H]1C(=O)O. The Morgan fingerprint density at radius 3 is 2.88 bits per heavy atom. The second kappa shape index (κ2) is 5.53. The largest absolute Gasteiger partial charge is 0.480 e. The minimum atomic E-state index is -0.970. The predicted octanol–water partition coefficient (Wildman–Crippen LogP) is 1.49. The maximum Gasteiger partial charge on any atom is 0.410 e. The zero-order valence-corrected chi connectivity index (χ0v) is 9.39. The number of carbonyl (C=O) groups excluding carboxylic acids is 1. The number of ether oxygens (including phenoxy) is 1. The molecule has 90 valence electrons. The molecule has 2 atom stereocenters. The normalized spacial score (nSPS) is 24.9. The third-order valence-electron chi connectivity index (χ3n) is 2.71. The van der Waals surface area contributed by atoms with E-state index in [4.69, 9.17) is 9.84 Å². The molecule has 5 heteroatoms. The maximum atomic E-state index is 11.6. The molecule has 0 bridgehead atoms. The highest BCUT2D eigenvalue weighted by Crippen LogP contribution is 2.23. The van der Waals surface area contributed by atoms with Crippen LogP contribution in [0.3, 0.4) is 0 Å². The van der Waals surface area contributed by atoms with E-state index in [0.29, 0.717) is 18.9 Å². The third kappa shape index (κ3) is 2.98. The highest BCUT2D eigenvalue weighted by Gasteiger charge is 2.35. The Bertz CT molecular complexity index is 290. The summed E-state index contributed by atoms with van der Waals surface area (Å²) < 4.78 is 4.85. The first-order valence-electron chi connectivity index (χ1n) is 5.33. The number of aliphatic carboxylic acids is 1. The fourth-order valence-electron chi connectivity index (χ4n) is 1.81. The van der Waals surface area contributed by atoms with E-state index in [-0.39, 0.29) is 6.61 Å². The van der Waals surface area contributed by atoms with Crippen molar-refractivity contribution < 1.29 is 19.4 Å². The molecule has 1 N–H and O–H groups in total. The van der Waals surface area contributed by atoms with Gasteiger partial charge in [-0.3, -0.25) is 4.90 Å². The molecule has 1 aliphatic heterocycles. The highest BCUT2D eigenvalue weighted by molar-refractivity contribution is 5.80. The molecule has 0 aromatic carbocycles. The van der Waals surface area contributed by atoms with Crippen LogP contribution >= 0.6 is 0 Å². The van der Waals surface area contributed by atoms with Gasteiger partial charge >= 0.3 is 12.1 Å². The summed E-state index contributed by atoms with van der Waals surface area (Å²) in [6.45, 7) is 5.97. The number of hydrogen-bond acceptors (Lipinski definition) is 3. The standard InChI is InChI=1S/C11H17NO4/c1-3-6-16-11(15)12-5-4-8(2)7-9(12)10(13)14/h3,8-9H,1,4-7H2,2H3,(H,13,14)/t8-,9-/m1/s1. The van der Waals surface area contributed by atoms with Crippen molar-refractivity contribution in [3.8, 4) is 0 Å². The summed E-state index contributed by atoms with van der Waals surface area (Å²) in [6, 6.07) is -0.763. The Morgan fingerprint density at radius 2 is 2.31 bits per heavy atom. The van der Waals surface area contributed by atoms with E-state index in [1.807, 2.05) is 6.92 Å². The van der Waals surface area contributed by atoms with Crippen LogP contribution in [0.1, 0.15) is 19.8 Å². The molecule has 0 spiro atoms. The average molecular weight is 227 g/mol. The van der Waals surface area contributed by atoms with E-state index in [9.17, 15) is 9.59 Å². The Balaban J connectivity index is 2.64. The zero-order valence-electron chi connectivity index (χ0n) is 9.39. The van der Waals surface area contributed by atoms with Crippen molar-refractivity contribution in [1.82, 2.24) is 4.90 Å². The van der Waals surface area contributed by atoms with Crippen LogP contribution in [-0.2, 0) is 9.53 Å². The molecule has 0 aliphatic carbocycles. The van der Waals surface area contributed by atoms with Gasteiger partial charge in [-0.25, -0.2) is 9.59 Å². The molecule has 0 radical (unpaired) electrons. The highest BCUT2D eigenvalue weighted by atomic mass is 16.6. The summed E-state index contributed by atoms with van der Waals surface area (Å²) in [5, 5.41) is 9.03. The first kappa shape index (κ1) is 12.5. The lowest BCUT2D eigenvalue weighted by Crippen LogP contribution is -2.50. The van der Waals surface area contributed by atoms with E-state index in [1.54, 1.807) is 0 Å². The summed E-state index contributed by atoms with van der Waals surface area (Å²) >= 11 is 0. The van der Waals surface area contributed by atoms with Crippen LogP contribution in [0, 0.1) is 5.92 Å². The van der Waals surface area contributed by atoms with Gasteiger partial charge in [-0.1, -0.05) is 19.6 Å². The van der Waals surface area contributed by atoms with Gasteiger partial charge in [-0.15, -0.1) is 0 Å². The van der Waals surface area contributed by atoms with Crippen LogP contribution in [0.4, 0.5) is 4.79 Å². The summed E-state index contributed by atoms with van der Waals surface area (Å²) in [5.41, 5.74) is 0. The van der Waals surface area contributed by atoms with Crippen molar-refractivity contribution in [2.45, 2.75) is 25.8 Å². The zero-order chi connectivity index (χ0) is 12.1. The quantitative estimate of drug-likeness (QED) is 0.742. The number of piperidine rings is 1. The van der Waals surface area contributed by atoms with Gasteiger partial charge in [0, 0.05) is 6.54 Å². The van der Waals surface area contributed by atoms with E-state index in [2.05, 4.69) is 6.58 Å². The monoisotopic (exact) mass is 227 g/mol.